The fourth-order valence-corrected chi connectivity index (χ4v) is 2.80. The van der Waals surface area contributed by atoms with Gasteiger partial charge in [0.25, 0.3) is 0 Å². The minimum atomic E-state index is 0.340. The van der Waals surface area contributed by atoms with Gasteiger partial charge in [-0.3, -0.25) is 4.90 Å². The molecule has 2 rings (SSSR count). The first-order valence-corrected chi connectivity index (χ1v) is 5.95. The first-order valence-electron chi connectivity index (χ1n) is 4.87. The molecular formula is C11H15IN2. The highest BCUT2D eigenvalue weighted by Crippen LogP contribution is 2.30. The van der Waals surface area contributed by atoms with E-state index in [1.54, 1.807) is 0 Å². The summed E-state index contributed by atoms with van der Waals surface area (Å²) in [5, 5.41) is 0. The maximum atomic E-state index is 5.69. The number of likely N-dealkylation sites (tertiary alicyclic amines) is 1. The highest BCUT2D eigenvalue weighted by Gasteiger charge is 2.38. The van der Waals surface area contributed by atoms with Crippen LogP contribution < -0.4 is 5.73 Å². The lowest BCUT2D eigenvalue weighted by atomic mass is 9.99. The van der Waals surface area contributed by atoms with E-state index >= 15 is 0 Å². The molecule has 3 heteroatoms. The highest BCUT2D eigenvalue weighted by atomic mass is 127. The van der Waals surface area contributed by atoms with Gasteiger partial charge in [-0.05, 0) is 5.56 Å². The van der Waals surface area contributed by atoms with Crippen LogP contribution in [0.3, 0.4) is 0 Å². The Kier molecular flexibility index (Phi) is 3.09. The van der Waals surface area contributed by atoms with Gasteiger partial charge in [-0.15, -0.1) is 0 Å². The summed E-state index contributed by atoms with van der Waals surface area (Å²) in [5.41, 5.74) is 7.08. The van der Waals surface area contributed by atoms with Gasteiger partial charge in [0.1, 0.15) is 0 Å². The molecule has 0 aliphatic carbocycles. The third kappa shape index (κ3) is 2.27. The first-order chi connectivity index (χ1) is 6.72. The largest absolute Gasteiger partial charge is 0.329 e. The second kappa shape index (κ2) is 4.16. The lowest BCUT2D eigenvalue weighted by Crippen LogP contribution is -2.60. The van der Waals surface area contributed by atoms with Crippen molar-refractivity contribution in [3.63, 3.8) is 0 Å². The number of hydrogen-bond donors (Lipinski definition) is 1. The maximum Gasteiger partial charge on any atom is 0.0597 e. The first kappa shape index (κ1) is 10.4. The van der Waals surface area contributed by atoms with Crippen LogP contribution in [-0.4, -0.2) is 28.0 Å². The average molecular weight is 302 g/mol. The molecule has 1 fully saturated rings. The second-order valence-electron chi connectivity index (χ2n) is 3.99. The van der Waals surface area contributed by atoms with Gasteiger partial charge in [0, 0.05) is 26.2 Å². The van der Waals surface area contributed by atoms with E-state index in [-0.39, 0.29) is 0 Å². The standard InChI is InChI=1S/C11H15IN2/c12-11(7-13)8-14(9-11)6-10-4-2-1-3-5-10/h1-5H,6-9,13H2. The van der Waals surface area contributed by atoms with Crippen LogP contribution in [0.15, 0.2) is 30.3 Å². The topological polar surface area (TPSA) is 29.3 Å². The summed E-state index contributed by atoms with van der Waals surface area (Å²) in [7, 11) is 0. The molecule has 1 aromatic carbocycles. The van der Waals surface area contributed by atoms with Crippen molar-refractivity contribution in [3.05, 3.63) is 35.9 Å². The summed E-state index contributed by atoms with van der Waals surface area (Å²) in [4.78, 5) is 2.44. The van der Waals surface area contributed by atoms with Crippen molar-refractivity contribution in [2.45, 2.75) is 9.97 Å². The third-order valence-electron chi connectivity index (χ3n) is 2.63. The van der Waals surface area contributed by atoms with E-state index in [1.165, 1.54) is 5.56 Å². The summed E-state index contributed by atoms with van der Waals surface area (Å²) in [6.45, 7) is 4.10. The van der Waals surface area contributed by atoms with Gasteiger partial charge in [0.05, 0.1) is 3.42 Å². The third-order valence-corrected chi connectivity index (χ3v) is 3.75. The number of alkyl halides is 1. The smallest absolute Gasteiger partial charge is 0.0597 e. The zero-order chi connectivity index (χ0) is 10.0. The molecule has 0 aromatic heterocycles. The van der Waals surface area contributed by atoms with Gasteiger partial charge in [0.2, 0.25) is 0 Å². The summed E-state index contributed by atoms with van der Waals surface area (Å²) in [6, 6.07) is 10.6. The molecular weight excluding hydrogens is 287 g/mol. The zero-order valence-electron chi connectivity index (χ0n) is 8.12. The Hall–Kier alpha value is -0.130. The molecule has 0 spiro atoms. The van der Waals surface area contributed by atoms with Gasteiger partial charge in [-0.25, -0.2) is 0 Å². The molecule has 1 heterocycles. The number of nitrogens with zero attached hydrogens (tertiary/aromatic N) is 1. The summed E-state index contributed by atoms with van der Waals surface area (Å²) < 4.78 is 0.340. The highest BCUT2D eigenvalue weighted by molar-refractivity contribution is 14.1. The van der Waals surface area contributed by atoms with Crippen molar-refractivity contribution in [1.29, 1.82) is 0 Å². The minimum Gasteiger partial charge on any atom is -0.329 e. The maximum absolute atomic E-state index is 5.69. The van der Waals surface area contributed by atoms with Gasteiger partial charge in [-0.1, -0.05) is 52.9 Å². The van der Waals surface area contributed by atoms with E-state index in [2.05, 4.69) is 57.8 Å². The van der Waals surface area contributed by atoms with Gasteiger partial charge in [-0.2, -0.15) is 0 Å². The molecule has 1 aromatic rings. The molecule has 2 N–H and O–H groups in total. The van der Waals surface area contributed by atoms with Gasteiger partial charge < -0.3 is 5.73 Å². The Morgan fingerprint density at radius 1 is 1.29 bits per heavy atom. The molecule has 0 bridgehead atoms. The van der Waals surface area contributed by atoms with Crippen molar-refractivity contribution < 1.29 is 0 Å². The van der Waals surface area contributed by atoms with Crippen molar-refractivity contribution in [3.8, 4) is 0 Å². The second-order valence-corrected chi connectivity index (χ2v) is 6.27. The van der Waals surface area contributed by atoms with Crippen LogP contribution >= 0.6 is 22.6 Å². The fourth-order valence-electron chi connectivity index (χ4n) is 1.84. The molecule has 1 aliphatic rings. The van der Waals surface area contributed by atoms with Crippen molar-refractivity contribution >= 4 is 22.6 Å². The van der Waals surface area contributed by atoms with E-state index in [1.807, 2.05) is 0 Å². The Labute approximate surface area is 98.6 Å². The summed E-state index contributed by atoms with van der Waals surface area (Å²) >= 11 is 2.48. The van der Waals surface area contributed by atoms with Crippen LogP contribution in [0.2, 0.25) is 0 Å². The van der Waals surface area contributed by atoms with Crippen molar-refractivity contribution in [2.24, 2.45) is 5.73 Å². The molecule has 76 valence electrons. The molecule has 0 unspecified atom stereocenters. The van der Waals surface area contributed by atoms with Gasteiger partial charge in [0.15, 0.2) is 0 Å². The van der Waals surface area contributed by atoms with E-state index in [0.29, 0.717) is 3.42 Å². The molecule has 0 atom stereocenters. The monoisotopic (exact) mass is 302 g/mol. The summed E-state index contributed by atoms with van der Waals surface area (Å²) in [5.74, 6) is 0. The van der Waals surface area contributed by atoms with Crippen LogP contribution in [0.5, 0.6) is 0 Å². The van der Waals surface area contributed by atoms with Crippen molar-refractivity contribution in [1.82, 2.24) is 4.90 Å². The van der Waals surface area contributed by atoms with Crippen LogP contribution in [0, 0.1) is 0 Å². The molecule has 1 aliphatic heterocycles. The predicted octanol–water partition coefficient (Wildman–Crippen LogP) is 1.63. The van der Waals surface area contributed by atoms with E-state index < -0.39 is 0 Å². The number of rotatable bonds is 3. The Morgan fingerprint density at radius 3 is 2.50 bits per heavy atom. The number of benzene rings is 1. The Bertz CT molecular complexity index is 293. The lowest BCUT2D eigenvalue weighted by molar-refractivity contribution is 0.133. The van der Waals surface area contributed by atoms with Crippen molar-refractivity contribution in [2.75, 3.05) is 19.6 Å². The molecule has 14 heavy (non-hydrogen) atoms. The summed E-state index contributed by atoms with van der Waals surface area (Å²) in [6.07, 6.45) is 0. The van der Waals surface area contributed by atoms with Gasteiger partial charge >= 0.3 is 0 Å². The number of hydrogen-bond acceptors (Lipinski definition) is 2. The lowest BCUT2D eigenvalue weighted by Gasteiger charge is -2.46. The molecule has 0 saturated carbocycles. The molecule has 0 amide bonds. The van der Waals surface area contributed by atoms with Crippen LogP contribution in [-0.2, 0) is 6.54 Å². The van der Waals surface area contributed by atoms with E-state index in [0.717, 1.165) is 26.2 Å². The Balaban J connectivity index is 1.85. The minimum absolute atomic E-state index is 0.340. The molecule has 2 nitrogen and oxygen atoms in total. The van der Waals surface area contributed by atoms with E-state index in [9.17, 15) is 0 Å². The van der Waals surface area contributed by atoms with Crippen LogP contribution in [0.25, 0.3) is 0 Å². The normalized spacial score (nSPS) is 20.4. The zero-order valence-corrected chi connectivity index (χ0v) is 10.3. The number of halogens is 1. The average Bonchev–Trinajstić information content (AvgIpc) is 2.17. The van der Waals surface area contributed by atoms with Crippen LogP contribution in [0.4, 0.5) is 0 Å². The number of nitrogens with two attached hydrogens (primary N) is 1. The SMILES string of the molecule is NCC1(I)CN(Cc2ccccc2)C1. The fraction of sp³-hybridized carbons (Fsp3) is 0.455. The molecule has 0 radical (unpaired) electrons. The Morgan fingerprint density at radius 2 is 1.93 bits per heavy atom. The quantitative estimate of drug-likeness (QED) is 0.679. The predicted molar refractivity (Wildman–Crippen MR) is 67.5 cm³/mol. The van der Waals surface area contributed by atoms with E-state index in [4.69, 9.17) is 5.73 Å². The van der Waals surface area contributed by atoms with Crippen LogP contribution in [0.1, 0.15) is 5.56 Å². The molecule has 1 saturated heterocycles.